The molecule has 0 unspecified atom stereocenters. The van der Waals surface area contributed by atoms with Crippen LogP contribution in [0.25, 0.3) is 17.0 Å². The number of esters is 1. The molecule has 0 aliphatic carbocycles. The standard InChI is InChI=1S/C27H21BrO5/c1-3-31-22-13-15-25-23(16-22)26(17(2)32-25)27(30)33-21-11-4-18(5-12-21)6-14-24(29)19-7-9-20(28)10-8-19/h4-16H,3H2,1-2H3/b14-6+. The van der Waals surface area contributed by atoms with E-state index in [0.29, 0.717) is 46.0 Å². The number of hydrogen-bond acceptors (Lipinski definition) is 5. The van der Waals surface area contributed by atoms with Gasteiger partial charge in [-0.15, -0.1) is 0 Å². The zero-order chi connectivity index (χ0) is 23.4. The molecule has 0 spiro atoms. The normalized spacial score (nSPS) is 11.1. The van der Waals surface area contributed by atoms with Gasteiger partial charge in [0.1, 0.15) is 28.4 Å². The molecule has 33 heavy (non-hydrogen) atoms. The number of allylic oxidation sites excluding steroid dienone is 1. The van der Waals surface area contributed by atoms with Gasteiger partial charge in [-0.25, -0.2) is 4.79 Å². The summed E-state index contributed by atoms with van der Waals surface area (Å²) in [7, 11) is 0. The van der Waals surface area contributed by atoms with Gasteiger partial charge in [0, 0.05) is 15.4 Å². The molecule has 3 aromatic carbocycles. The number of halogens is 1. The number of hydrogen-bond donors (Lipinski definition) is 0. The highest BCUT2D eigenvalue weighted by Crippen LogP contribution is 2.30. The van der Waals surface area contributed by atoms with Crippen LogP contribution >= 0.6 is 15.9 Å². The quantitative estimate of drug-likeness (QED) is 0.117. The minimum atomic E-state index is -0.506. The maximum Gasteiger partial charge on any atom is 0.347 e. The number of ketones is 1. The second-order valence-corrected chi connectivity index (χ2v) is 8.20. The van der Waals surface area contributed by atoms with Gasteiger partial charge in [-0.3, -0.25) is 4.79 Å². The fourth-order valence-electron chi connectivity index (χ4n) is 3.40. The molecule has 0 saturated heterocycles. The van der Waals surface area contributed by atoms with Crippen molar-refractivity contribution < 1.29 is 23.5 Å². The van der Waals surface area contributed by atoms with Crippen molar-refractivity contribution in [1.29, 1.82) is 0 Å². The Morgan fingerprint density at radius 3 is 2.36 bits per heavy atom. The third kappa shape index (κ3) is 5.23. The number of ether oxygens (including phenoxy) is 2. The summed E-state index contributed by atoms with van der Waals surface area (Å²) in [5, 5.41) is 0.648. The van der Waals surface area contributed by atoms with Crippen LogP contribution in [0.2, 0.25) is 0 Å². The van der Waals surface area contributed by atoms with Crippen LogP contribution in [0, 0.1) is 6.92 Å². The average Bonchev–Trinajstić information content (AvgIpc) is 3.14. The Bertz CT molecular complexity index is 1330. The Labute approximate surface area is 199 Å². The fourth-order valence-corrected chi connectivity index (χ4v) is 3.66. The van der Waals surface area contributed by atoms with Crippen molar-refractivity contribution in [3.05, 3.63) is 99.7 Å². The molecule has 0 saturated carbocycles. The summed E-state index contributed by atoms with van der Waals surface area (Å²) >= 11 is 3.36. The van der Waals surface area contributed by atoms with Gasteiger partial charge in [-0.1, -0.05) is 34.1 Å². The van der Waals surface area contributed by atoms with Gasteiger partial charge >= 0.3 is 5.97 Å². The summed E-state index contributed by atoms with van der Waals surface area (Å²) in [6.45, 7) is 4.15. The van der Waals surface area contributed by atoms with Crippen LogP contribution in [-0.2, 0) is 0 Å². The second kappa shape index (κ2) is 9.88. The van der Waals surface area contributed by atoms with Crippen LogP contribution in [0.15, 0.2) is 81.7 Å². The summed E-state index contributed by atoms with van der Waals surface area (Å²) in [5.41, 5.74) is 2.39. The molecule has 0 amide bonds. The zero-order valence-corrected chi connectivity index (χ0v) is 19.7. The average molecular weight is 505 g/mol. The lowest BCUT2D eigenvalue weighted by atomic mass is 10.1. The van der Waals surface area contributed by atoms with Crippen LogP contribution < -0.4 is 9.47 Å². The molecule has 0 radical (unpaired) electrons. The predicted octanol–water partition coefficient (Wildman–Crippen LogP) is 7.02. The first kappa shape index (κ1) is 22.6. The van der Waals surface area contributed by atoms with Gasteiger partial charge in [0.05, 0.1) is 6.61 Å². The Balaban J connectivity index is 1.47. The summed E-state index contributed by atoms with van der Waals surface area (Å²) in [6, 6.07) is 19.5. The number of carbonyl (C=O) groups is 2. The van der Waals surface area contributed by atoms with Crippen molar-refractivity contribution >= 4 is 44.7 Å². The van der Waals surface area contributed by atoms with Crippen molar-refractivity contribution in [2.45, 2.75) is 13.8 Å². The molecule has 1 heterocycles. The van der Waals surface area contributed by atoms with E-state index in [-0.39, 0.29) is 5.78 Å². The van der Waals surface area contributed by atoms with Crippen molar-refractivity contribution in [3.8, 4) is 11.5 Å². The topological polar surface area (TPSA) is 65.7 Å². The molecule has 0 atom stereocenters. The van der Waals surface area contributed by atoms with Crippen LogP contribution in [0.1, 0.15) is 39.0 Å². The molecule has 0 bridgehead atoms. The highest BCUT2D eigenvalue weighted by molar-refractivity contribution is 9.10. The van der Waals surface area contributed by atoms with E-state index in [0.717, 1.165) is 10.0 Å². The van der Waals surface area contributed by atoms with E-state index in [1.165, 1.54) is 6.08 Å². The van der Waals surface area contributed by atoms with E-state index in [9.17, 15) is 9.59 Å². The van der Waals surface area contributed by atoms with Crippen LogP contribution in [0.5, 0.6) is 11.5 Å². The minimum absolute atomic E-state index is 0.0910. The molecule has 0 fully saturated rings. The van der Waals surface area contributed by atoms with Gasteiger partial charge < -0.3 is 13.9 Å². The molecular formula is C27H21BrO5. The van der Waals surface area contributed by atoms with Gasteiger partial charge in [0.2, 0.25) is 0 Å². The monoisotopic (exact) mass is 504 g/mol. The number of carbonyl (C=O) groups excluding carboxylic acids is 2. The number of fused-ring (bicyclic) bond motifs is 1. The molecule has 0 aliphatic rings. The Hall–Kier alpha value is -3.64. The van der Waals surface area contributed by atoms with Crippen molar-refractivity contribution in [2.24, 2.45) is 0 Å². The van der Waals surface area contributed by atoms with Gasteiger partial charge in [-0.2, -0.15) is 0 Å². The molecule has 0 N–H and O–H groups in total. The fraction of sp³-hybridized carbons (Fsp3) is 0.111. The lowest BCUT2D eigenvalue weighted by Crippen LogP contribution is -2.09. The number of rotatable bonds is 7. The zero-order valence-electron chi connectivity index (χ0n) is 18.1. The van der Waals surface area contributed by atoms with Crippen molar-refractivity contribution in [2.75, 3.05) is 6.61 Å². The Morgan fingerprint density at radius 2 is 1.67 bits per heavy atom. The summed E-state index contributed by atoms with van der Waals surface area (Å²) in [4.78, 5) is 25.2. The molecule has 5 nitrogen and oxygen atoms in total. The second-order valence-electron chi connectivity index (χ2n) is 7.29. The third-order valence-electron chi connectivity index (χ3n) is 5.00. The van der Waals surface area contributed by atoms with Gasteiger partial charge in [-0.05, 0) is 80.1 Å². The maximum absolute atomic E-state index is 12.9. The van der Waals surface area contributed by atoms with Crippen molar-refractivity contribution in [3.63, 3.8) is 0 Å². The van der Waals surface area contributed by atoms with Crippen LogP contribution in [0.3, 0.4) is 0 Å². The highest BCUT2D eigenvalue weighted by atomic mass is 79.9. The van der Waals surface area contributed by atoms with E-state index >= 15 is 0 Å². The van der Waals surface area contributed by atoms with Gasteiger partial charge in [0.25, 0.3) is 0 Å². The maximum atomic E-state index is 12.9. The minimum Gasteiger partial charge on any atom is -0.494 e. The van der Waals surface area contributed by atoms with E-state index in [1.807, 2.05) is 19.1 Å². The summed E-state index contributed by atoms with van der Waals surface area (Å²) < 4.78 is 17.7. The van der Waals surface area contributed by atoms with E-state index in [2.05, 4.69) is 15.9 Å². The Kier molecular flexibility index (Phi) is 6.75. The smallest absolute Gasteiger partial charge is 0.347 e. The number of furan rings is 1. The summed E-state index contributed by atoms with van der Waals surface area (Å²) in [5.74, 6) is 0.940. The van der Waals surface area contributed by atoms with Crippen molar-refractivity contribution in [1.82, 2.24) is 0 Å². The molecule has 0 aliphatic heterocycles. The Morgan fingerprint density at radius 1 is 0.970 bits per heavy atom. The first-order valence-electron chi connectivity index (χ1n) is 10.4. The highest BCUT2D eigenvalue weighted by Gasteiger charge is 2.21. The van der Waals surface area contributed by atoms with Gasteiger partial charge in [0.15, 0.2) is 5.78 Å². The molecular weight excluding hydrogens is 484 g/mol. The van der Waals surface area contributed by atoms with E-state index in [4.69, 9.17) is 13.9 Å². The van der Waals surface area contributed by atoms with Crippen LogP contribution in [-0.4, -0.2) is 18.4 Å². The summed E-state index contributed by atoms with van der Waals surface area (Å²) in [6.07, 6.45) is 3.24. The van der Waals surface area contributed by atoms with E-state index in [1.54, 1.807) is 67.6 Å². The molecule has 1 aromatic heterocycles. The first-order chi connectivity index (χ1) is 15.9. The lowest BCUT2D eigenvalue weighted by molar-refractivity contribution is 0.0734. The molecule has 4 rings (SSSR count). The number of aryl methyl sites for hydroxylation is 1. The molecule has 166 valence electrons. The largest absolute Gasteiger partial charge is 0.494 e. The van der Waals surface area contributed by atoms with E-state index < -0.39 is 5.97 Å². The first-order valence-corrected chi connectivity index (χ1v) is 11.2. The SMILES string of the molecule is CCOc1ccc2oc(C)c(C(=O)Oc3ccc(/C=C/C(=O)c4ccc(Br)cc4)cc3)c2c1. The predicted molar refractivity (Wildman–Crippen MR) is 131 cm³/mol. The lowest BCUT2D eigenvalue weighted by Gasteiger charge is -2.05. The van der Waals surface area contributed by atoms with Crippen LogP contribution in [0.4, 0.5) is 0 Å². The number of benzene rings is 3. The molecule has 6 heteroatoms. The third-order valence-corrected chi connectivity index (χ3v) is 5.53. The molecule has 4 aromatic rings.